The van der Waals surface area contributed by atoms with Crippen molar-refractivity contribution in [3.63, 3.8) is 0 Å². The van der Waals surface area contributed by atoms with Crippen LogP contribution in [0.3, 0.4) is 0 Å². The van der Waals surface area contributed by atoms with E-state index in [-0.39, 0.29) is 5.82 Å². The minimum absolute atomic E-state index is 0.105. The van der Waals surface area contributed by atoms with Gasteiger partial charge in [-0.1, -0.05) is 0 Å². The van der Waals surface area contributed by atoms with Crippen molar-refractivity contribution in [2.75, 3.05) is 13.7 Å². The van der Waals surface area contributed by atoms with Crippen molar-refractivity contribution in [2.24, 2.45) is 7.05 Å². The number of tetrazole rings is 1. The fraction of sp³-hybridized carbons (Fsp3) is 0.412. The first kappa shape index (κ1) is 18.5. The van der Waals surface area contributed by atoms with Crippen LogP contribution in [0.25, 0.3) is 11.4 Å². The third-order valence-electron chi connectivity index (χ3n) is 3.93. The third-order valence-corrected chi connectivity index (χ3v) is 3.93. The number of rotatable bonds is 7. The second-order valence-electron chi connectivity index (χ2n) is 6.09. The van der Waals surface area contributed by atoms with Crippen molar-refractivity contribution in [1.29, 1.82) is 0 Å². The van der Waals surface area contributed by atoms with E-state index >= 15 is 0 Å². The lowest BCUT2D eigenvalue weighted by Crippen LogP contribution is -2.04. The molecule has 1 aromatic carbocycles. The molecule has 10 nitrogen and oxygen atoms in total. The van der Waals surface area contributed by atoms with Crippen molar-refractivity contribution in [2.45, 2.75) is 26.7 Å². The molecule has 0 aliphatic carbocycles. The highest BCUT2D eigenvalue weighted by atomic mass is 16.5. The van der Waals surface area contributed by atoms with Crippen LogP contribution in [0.2, 0.25) is 0 Å². The first-order valence-corrected chi connectivity index (χ1v) is 8.46. The van der Waals surface area contributed by atoms with E-state index < -0.39 is 5.97 Å². The van der Waals surface area contributed by atoms with Crippen LogP contribution in [0.1, 0.15) is 34.0 Å². The molecular formula is C17H21N7O3. The van der Waals surface area contributed by atoms with E-state index in [1.165, 1.54) is 11.9 Å². The molecule has 2 aromatic heterocycles. The van der Waals surface area contributed by atoms with Gasteiger partial charge >= 0.3 is 5.97 Å². The zero-order chi connectivity index (χ0) is 19.4. The number of methoxy groups -OCH3 is 1. The number of hydrogen-bond donors (Lipinski definition) is 1. The molecule has 0 amide bonds. The Kier molecular flexibility index (Phi) is 5.43. The van der Waals surface area contributed by atoms with Crippen LogP contribution in [0.15, 0.2) is 12.1 Å². The Labute approximate surface area is 155 Å². The van der Waals surface area contributed by atoms with E-state index in [0.717, 1.165) is 22.4 Å². The monoisotopic (exact) mass is 371 g/mol. The third kappa shape index (κ3) is 4.27. The molecule has 2 heterocycles. The Morgan fingerprint density at radius 2 is 2.00 bits per heavy atom. The molecule has 0 spiro atoms. The van der Waals surface area contributed by atoms with E-state index in [9.17, 15) is 4.79 Å². The Balaban J connectivity index is 1.58. The lowest BCUT2D eigenvalue weighted by atomic mass is 10.1. The van der Waals surface area contributed by atoms with E-state index in [1.807, 2.05) is 26.0 Å². The number of carbonyl (C=O) groups excluding carboxylic acids is 1. The smallest absolute Gasteiger partial charge is 0.375 e. The fourth-order valence-electron chi connectivity index (χ4n) is 2.71. The molecular weight excluding hydrogens is 350 g/mol. The van der Waals surface area contributed by atoms with Crippen LogP contribution in [0.5, 0.6) is 5.75 Å². The summed E-state index contributed by atoms with van der Waals surface area (Å²) in [6.07, 6.45) is 1.30. The highest BCUT2D eigenvalue weighted by Gasteiger charge is 2.13. The first-order chi connectivity index (χ1) is 13.0. The van der Waals surface area contributed by atoms with Gasteiger partial charge < -0.3 is 9.47 Å². The molecule has 10 heteroatoms. The summed E-state index contributed by atoms with van der Waals surface area (Å²) in [5.41, 5.74) is 2.91. The summed E-state index contributed by atoms with van der Waals surface area (Å²) in [6.45, 7) is 4.48. The Hall–Kier alpha value is -3.30. The lowest BCUT2D eigenvalue weighted by molar-refractivity contribution is 0.0587. The van der Waals surface area contributed by atoms with Crippen LogP contribution in [-0.2, 0) is 18.2 Å². The molecule has 0 saturated carbocycles. The van der Waals surface area contributed by atoms with Gasteiger partial charge in [0.2, 0.25) is 11.6 Å². The summed E-state index contributed by atoms with van der Waals surface area (Å²) < 4.78 is 10.5. The molecule has 27 heavy (non-hydrogen) atoms. The van der Waals surface area contributed by atoms with Crippen LogP contribution in [-0.4, -0.2) is 55.1 Å². The number of aromatic amines is 1. The molecule has 0 bridgehead atoms. The maximum Gasteiger partial charge on any atom is 0.375 e. The van der Waals surface area contributed by atoms with Crippen molar-refractivity contribution >= 4 is 5.97 Å². The van der Waals surface area contributed by atoms with E-state index in [2.05, 4.69) is 35.3 Å². The second-order valence-corrected chi connectivity index (χ2v) is 6.09. The Morgan fingerprint density at radius 1 is 1.26 bits per heavy atom. The molecule has 0 saturated heterocycles. The fourth-order valence-corrected chi connectivity index (χ4v) is 2.71. The number of carbonyl (C=O) groups is 1. The SMILES string of the molecule is COC(=O)c1nc(CCCOc2c(C)cc(-c3nnn(C)n3)cc2C)n[nH]1. The molecule has 3 rings (SSSR count). The lowest BCUT2D eigenvalue weighted by Gasteiger charge is -2.13. The number of nitrogens with zero attached hydrogens (tertiary/aromatic N) is 6. The van der Waals surface area contributed by atoms with Crippen molar-refractivity contribution in [1.82, 2.24) is 35.4 Å². The zero-order valence-electron chi connectivity index (χ0n) is 15.7. The summed E-state index contributed by atoms with van der Waals surface area (Å²) >= 11 is 0. The maximum absolute atomic E-state index is 11.4. The maximum atomic E-state index is 11.4. The van der Waals surface area contributed by atoms with Gasteiger partial charge in [0, 0.05) is 12.0 Å². The molecule has 142 valence electrons. The number of nitrogens with one attached hydrogen (secondary N) is 1. The van der Waals surface area contributed by atoms with Gasteiger partial charge in [-0.25, -0.2) is 9.78 Å². The van der Waals surface area contributed by atoms with E-state index in [4.69, 9.17) is 4.74 Å². The highest BCUT2D eigenvalue weighted by molar-refractivity contribution is 5.84. The van der Waals surface area contributed by atoms with E-state index in [0.29, 0.717) is 31.1 Å². The molecule has 0 atom stereocenters. The highest BCUT2D eigenvalue weighted by Crippen LogP contribution is 2.28. The van der Waals surface area contributed by atoms with Gasteiger partial charge in [-0.05, 0) is 48.7 Å². The Morgan fingerprint density at radius 3 is 2.63 bits per heavy atom. The Bertz CT molecular complexity index is 925. The quantitative estimate of drug-likeness (QED) is 0.489. The van der Waals surface area contributed by atoms with Gasteiger partial charge in [-0.2, -0.15) is 9.90 Å². The van der Waals surface area contributed by atoms with Gasteiger partial charge in [0.25, 0.3) is 0 Å². The number of aryl methyl sites for hydroxylation is 4. The average Bonchev–Trinajstić information content (AvgIpc) is 3.28. The molecule has 3 aromatic rings. The van der Waals surface area contributed by atoms with Crippen molar-refractivity contribution in [3.8, 4) is 17.1 Å². The summed E-state index contributed by atoms with van der Waals surface area (Å²) in [4.78, 5) is 16.9. The van der Waals surface area contributed by atoms with E-state index in [1.54, 1.807) is 7.05 Å². The number of H-pyrrole nitrogens is 1. The summed E-state index contributed by atoms with van der Waals surface area (Å²) in [7, 11) is 3.03. The van der Waals surface area contributed by atoms with Crippen molar-refractivity contribution in [3.05, 3.63) is 34.9 Å². The number of hydrogen-bond acceptors (Lipinski definition) is 8. The standard InChI is InChI=1S/C17H21N7O3/c1-10-8-12(15-21-23-24(3)22-15)9-11(2)14(10)27-7-5-6-13-18-16(20-19-13)17(25)26-4/h8-9H,5-7H2,1-4H3,(H,18,19,20). The molecule has 0 fully saturated rings. The van der Waals surface area contributed by atoms with Crippen LogP contribution < -0.4 is 4.74 Å². The molecule has 1 N–H and O–H groups in total. The number of ether oxygens (including phenoxy) is 2. The van der Waals surface area contributed by atoms with Gasteiger partial charge in [0.1, 0.15) is 5.75 Å². The molecule has 0 aliphatic heterocycles. The summed E-state index contributed by atoms with van der Waals surface area (Å²) in [5, 5.41) is 18.7. The molecule has 0 unspecified atom stereocenters. The first-order valence-electron chi connectivity index (χ1n) is 8.46. The predicted octanol–water partition coefficient (Wildman–Crippen LogP) is 1.41. The van der Waals surface area contributed by atoms with Gasteiger partial charge in [-0.15, -0.1) is 10.2 Å². The van der Waals surface area contributed by atoms with Crippen LogP contribution >= 0.6 is 0 Å². The molecule has 0 aliphatic rings. The zero-order valence-corrected chi connectivity index (χ0v) is 15.7. The normalized spacial score (nSPS) is 10.8. The van der Waals surface area contributed by atoms with Crippen LogP contribution in [0.4, 0.5) is 0 Å². The predicted molar refractivity (Wildman–Crippen MR) is 95.2 cm³/mol. The number of benzene rings is 1. The minimum Gasteiger partial charge on any atom is -0.493 e. The number of aromatic nitrogens is 7. The minimum atomic E-state index is -0.533. The average molecular weight is 371 g/mol. The second kappa shape index (κ2) is 7.94. The van der Waals surface area contributed by atoms with Gasteiger partial charge in [-0.3, -0.25) is 5.10 Å². The topological polar surface area (TPSA) is 121 Å². The molecule has 0 radical (unpaired) electrons. The van der Waals surface area contributed by atoms with Crippen molar-refractivity contribution < 1.29 is 14.3 Å². The van der Waals surface area contributed by atoms with Gasteiger partial charge in [0.05, 0.1) is 20.8 Å². The largest absolute Gasteiger partial charge is 0.493 e. The summed E-state index contributed by atoms with van der Waals surface area (Å²) in [5.74, 6) is 1.55. The number of esters is 1. The van der Waals surface area contributed by atoms with Crippen LogP contribution in [0, 0.1) is 13.8 Å². The van der Waals surface area contributed by atoms with Gasteiger partial charge in [0.15, 0.2) is 5.82 Å². The summed E-state index contributed by atoms with van der Waals surface area (Å²) in [6, 6.07) is 3.97.